The van der Waals surface area contributed by atoms with E-state index in [1.807, 2.05) is 31.2 Å². The van der Waals surface area contributed by atoms with Gasteiger partial charge in [-0.25, -0.2) is 8.78 Å². The summed E-state index contributed by atoms with van der Waals surface area (Å²) in [6.07, 6.45) is 0.102. The number of rotatable bonds is 8. The van der Waals surface area contributed by atoms with Crippen molar-refractivity contribution < 1.29 is 23.1 Å². The van der Waals surface area contributed by atoms with Crippen LogP contribution in [0.15, 0.2) is 91.0 Å². The fourth-order valence-electron chi connectivity index (χ4n) is 3.59. The molecule has 4 aromatic rings. The van der Waals surface area contributed by atoms with Crippen LogP contribution in [-0.4, -0.2) is 11.8 Å². The highest BCUT2D eigenvalue weighted by Gasteiger charge is 2.11. The molecule has 182 valence electrons. The minimum Gasteiger partial charge on any atom is -0.457 e. The third-order valence-electron chi connectivity index (χ3n) is 5.35. The molecule has 5 nitrogen and oxygen atoms in total. The maximum Gasteiger partial charge on any atom is 0.228 e. The lowest BCUT2D eigenvalue weighted by Gasteiger charge is -2.14. The zero-order valence-electron chi connectivity index (χ0n) is 19.6. The molecule has 0 bridgehead atoms. The zero-order valence-corrected chi connectivity index (χ0v) is 19.6. The Morgan fingerprint density at radius 3 is 1.64 bits per heavy atom. The van der Waals surface area contributed by atoms with Crippen LogP contribution in [-0.2, 0) is 22.4 Å². The Kier molecular flexibility index (Phi) is 7.70. The Morgan fingerprint density at radius 1 is 0.694 bits per heavy atom. The maximum atomic E-state index is 13.2. The molecule has 0 aliphatic carbocycles. The first-order valence-corrected chi connectivity index (χ1v) is 11.3. The van der Waals surface area contributed by atoms with Crippen molar-refractivity contribution in [3.63, 3.8) is 0 Å². The number of hydrogen-bond donors (Lipinski definition) is 2. The van der Waals surface area contributed by atoms with E-state index in [-0.39, 0.29) is 36.3 Å². The van der Waals surface area contributed by atoms with E-state index in [2.05, 4.69) is 10.6 Å². The molecule has 36 heavy (non-hydrogen) atoms. The second-order valence-corrected chi connectivity index (χ2v) is 8.32. The Balaban J connectivity index is 1.53. The first-order chi connectivity index (χ1) is 17.3. The van der Waals surface area contributed by atoms with Crippen LogP contribution in [0.1, 0.15) is 16.7 Å². The van der Waals surface area contributed by atoms with Gasteiger partial charge in [-0.1, -0.05) is 42.5 Å². The van der Waals surface area contributed by atoms with Gasteiger partial charge in [-0.3, -0.25) is 9.59 Å². The first-order valence-electron chi connectivity index (χ1n) is 11.3. The Labute approximate surface area is 207 Å². The van der Waals surface area contributed by atoms with Crippen molar-refractivity contribution in [3.8, 4) is 11.5 Å². The van der Waals surface area contributed by atoms with Gasteiger partial charge in [0.05, 0.1) is 12.8 Å². The van der Waals surface area contributed by atoms with Crippen LogP contribution >= 0.6 is 0 Å². The minimum absolute atomic E-state index is 0.0510. The number of benzene rings is 4. The van der Waals surface area contributed by atoms with Gasteiger partial charge in [0, 0.05) is 23.5 Å². The largest absolute Gasteiger partial charge is 0.457 e. The van der Waals surface area contributed by atoms with E-state index in [0.29, 0.717) is 34.0 Å². The van der Waals surface area contributed by atoms with Crippen molar-refractivity contribution in [2.75, 3.05) is 10.6 Å². The number of para-hydroxylation sites is 1. The van der Waals surface area contributed by atoms with Crippen molar-refractivity contribution in [2.24, 2.45) is 0 Å². The molecular formula is C29H24F2N2O3. The first kappa shape index (κ1) is 24.6. The number of amides is 2. The Morgan fingerprint density at radius 2 is 1.17 bits per heavy atom. The summed E-state index contributed by atoms with van der Waals surface area (Å²) < 4.78 is 32.4. The summed E-state index contributed by atoms with van der Waals surface area (Å²) in [4.78, 5) is 25.3. The molecule has 4 rings (SSSR count). The average molecular weight is 487 g/mol. The summed E-state index contributed by atoms with van der Waals surface area (Å²) >= 11 is 0. The van der Waals surface area contributed by atoms with Gasteiger partial charge in [-0.15, -0.1) is 0 Å². The third-order valence-corrected chi connectivity index (χ3v) is 5.35. The predicted molar refractivity (Wildman–Crippen MR) is 135 cm³/mol. The molecule has 0 saturated carbocycles. The van der Waals surface area contributed by atoms with Crippen LogP contribution in [0.4, 0.5) is 20.2 Å². The molecule has 4 aromatic carbocycles. The van der Waals surface area contributed by atoms with Gasteiger partial charge in [-0.05, 0) is 60.0 Å². The van der Waals surface area contributed by atoms with Crippen molar-refractivity contribution in [1.82, 2.24) is 0 Å². The molecule has 0 unspecified atom stereocenters. The van der Waals surface area contributed by atoms with Crippen molar-refractivity contribution in [3.05, 3.63) is 119 Å². The number of ether oxygens (including phenoxy) is 1. The molecule has 0 aliphatic rings. The van der Waals surface area contributed by atoms with Gasteiger partial charge >= 0.3 is 0 Å². The number of anilines is 2. The van der Waals surface area contributed by atoms with Crippen LogP contribution in [0.25, 0.3) is 0 Å². The molecular weight excluding hydrogens is 462 g/mol. The lowest BCUT2D eigenvalue weighted by atomic mass is 10.1. The molecule has 0 spiro atoms. The molecule has 0 aliphatic heterocycles. The van der Waals surface area contributed by atoms with Gasteiger partial charge in [0.1, 0.15) is 23.1 Å². The lowest BCUT2D eigenvalue weighted by Crippen LogP contribution is -2.16. The van der Waals surface area contributed by atoms with Gasteiger partial charge in [0.2, 0.25) is 11.8 Å². The number of aryl methyl sites for hydroxylation is 1. The maximum absolute atomic E-state index is 13.2. The topological polar surface area (TPSA) is 67.4 Å². The molecule has 0 heterocycles. The predicted octanol–water partition coefficient (Wildman–Crippen LogP) is 6.43. The summed E-state index contributed by atoms with van der Waals surface area (Å²) in [6.45, 7) is 1.91. The SMILES string of the molecule is Cc1ccccc1Oc1cc(NC(=O)Cc2ccc(F)cc2)cc(NC(=O)Cc2ccc(F)cc2)c1. The van der Waals surface area contributed by atoms with E-state index in [9.17, 15) is 18.4 Å². The normalized spacial score (nSPS) is 10.5. The van der Waals surface area contributed by atoms with Crippen molar-refractivity contribution in [1.29, 1.82) is 0 Å². The third kappa shape index (κ3) is 6.99. The lowest BCUT2D eigenvalue weighted by molar-refractivity contribution is -0.116. The van der Waals surface area contributed by atoms with E-state index in [0.717, 1.165) is 5.56 Å². The summed E-state index contributed by atoms with van der Waals surface area (Å²) in [5.74, 6) is -0.309. The minimum atomic E-state index is -0.374. The highest BCUT2D eigenvalue weighted by atomic mass is 19.1. The van der Waals surface area contributed by atoms with E-state index < -0.39 is 0 Å². The van der Waals surface area contributed by atoms with Gasteiger partial charge < -0.3 is 15.4 Å². The zero-order chi connectivity index (χ0) is 25.5. The number of hydrogen-bond acceptors (Lipinski definition) is 3. The van der Waals surface area contributed by atoms with Gasteiger partial charge in [0.25, 0.3) is 0 Å². The van der Waals surface area contributed by atoms with Crippen molar-refractivity contribution >= 4 is 23.2 Å². The van der Waals surface area contributed by atoms with Crippen LogP contribution in [0.2, 0.25) is 0 Å². The van der Waals surface area contributed by atoms with Gasteiger partial charge in [-0.2, -0.15) is 0 Å². The summed E-state index contributed by atoms with van der Waals surface area (Å²) in [7, 11) is 0. The molecule has 2 N–H and O–H groups in total. The fourth-order valence-corrected chi connectivity index (χ4v) is 3.59. The highest BCUT2D eigenvalue weighted by molar-refractivity contribution is 5.96. The quantitative estimate of drug-likeness (QED) is 0.302. The number of nitrogens with one attached hydrogen (secondary N) is 2. The second-order valence-electron chi connectivity index (χ2n) is 8.32. The van der Waals surface area contributed by atoms with Gasteiger partial charge in [0.15, 0.2) is 0 Å². The second kappa shape index (κ2) is 11.3. The summed E-state index contributed by atoms with van der Waals surface area (Å²) in [6, 6.07) is 23.8. The summed E-state index contributed by atoms with van der Waals surface area (Å²) in [5.41, 5.74) is 3.09. The van der Waals surface area contributed by atoms with Crippen molar-refractivity contribution in [2.45, 2.75) is 19.8 Å². The number of carbonyl (C=O) groups excluding carboxylic acids is 2. The highest BCUT2D eigenvalue weighted by Crippen LogP contribution is 2.30. The van der Waals surface area contributed by atoms with Crippen LogP contribution in [0.3, 0.4) is 0 Å². The smallest absolute Gasteiger partial charge is 0.228 e. The van der Waals surface area contributed by atoms with E-state index in [1.165, 1.54) is 24.3 Å². The Bertz CT molecular complexity index is 1290. The molecule has 2 amide bonds. The molecule has 0 aromatic heterocycles. The van der Waals surface area contributed by atoms with E-state index >= 15 is 0 Å². The molecule has 0 radical (unpaired) electrons. The van der Waals surface area contributed by atoms with Crippen LogP contribution in [0.5, 0.6) is 11.5 Å². The standard InChI is InChI=1S/C29H24F2N2O3/c1-19-4-2-3-5-27(19)36-26-17-24(32-28(34)14-20-6-10-22(30)11-7-20)16-25(18-26)33-29(35)15-21-8-12-23(31)13-9-21/h2-13,16-18H,14-15H2,1H3,(H,32,34)(H,33,35). The van der Waals surface area contributed by atoms with Crippen LogP contribution < -0.4 is 15.4 Å². The van der Waals surface area contributed by atoms with E-state index in [4.69, 9.17) is 4.74 Å². The molecule has 0 saturated heterocycles. The van der Waals surface area contributed by atoms with Crippen LogP contribution in [0, 0.1) is 18.6 Å². The molecule has 0 atom stereocenters. The van der Waals surface area contributed by atoms with E-state index in [1.54, 1.807) is 42.5 Å². The number of halogens is 2. The number of carbonyl (C=O) groups is 2. The molecule has 7 heteroatoms. The monoisotopic (exact) mass is 486 g/mol. The Hall–Kier alpha value is -4.52. The molecule has 0 fully saturated rings. The fraction of sp³-hybridized carbons (Fsp3) is 0.103. The summed E-state index contributed by atoms with van der Waals surface area (Å²) in [5, 5.41) is 5.62. The average Bonchev–Trinajstić information content (AvgIpc) is 2.83.